The fraction of sp³-hybridized carbons (Fsp3) is 0.316. The van der Waals surface area contributed by atoms with E-state index >= 15 is 0 Å². The van der Waals surface area contributed by atoms with E-state index in [1.807, 2.05) is 36.4 Å². The van der Waals surface area contributed by atoms with Gasteiger partial charge in [0, 0.05) is 19.2 Å². The topological polar surface area (TPSA) is 33.5 Å². The van der Waals surface area contributed by atoms with E-state index in [4.69, 9.17) is 4.42 Å². The number of fused-ring (bicyclic) bond motifs is 3. The van der Waals surface area contributed by atoms with Crippen molar-refractivity contribution in [2.75, 3.05) is 18.0 Å². The highest BCUT2D eigenvalue weighted by Crippen LogP contribution is 2.26. The summed E-state index contributed by atoms with van der Waals surface area (Å²) in [6, 6.07) is 13.5. The average molecular weight is 295 g/mol. The van der Waals surface area contributed by atoms with Gasteiger partial charge in [-0.3, -0.25) is 4.79 Å². The minimum atomic E-state index is 0.0326. The first-order valence-corrected chi connectivity index (χ1v) is 7.95. The normalized spacial score (nSPS) is 11.2. The highest BCUT2D eigenvalue weighted by molar-refractivity contribution is 6.05. The summed E-state index contributed by atoms with van der Waals surface area (Å²) in [6.07, 6.45) is 2.05. The Bertz CT molecular complexity index is 845. The van der Waals surface area contributed by atoms with E-state index in [0.29, 0.717) is 16.9 Å². The molecule has 0 radical (unpaired) electrons. The molecule has 0 aliphatic carbocycles. The van der Waals surface area contributed by atoms with Gasteiger partial charge < -0.3 is 9.32 Å². The molecule has 1 heterocycles. The molecule has 3 rings (SSSR count). The van der Waals surface area contributed by atoms with Gasteiger partial charge in [0.15, 0.2) is 11.3 Å². The van der Waals surface area contributed by atoms with Crippen molar-refractivity contribution in [2.45, 2.75) is 26.7 Å². The molecule has 3 nitrogen and oxygen atoms in total. The van der Waals surface area contributed by atoms with Crippen LogP contribution in [0.3, 0.4) is 0 Å². The lowest BCUT2D eigenvalue weighted by Crippen LogP contribution is -2.25. The molecule has 0 amide bonds. The first kappa shape index (κ1) is 14.6. The molecule has 3 aromatic rings. The van der Waals surface area contributed by atoms with Gasteiger partial charge in [0.25, 0.3) is 0 Å². The molecule has 0 saturated carbocycles. The van der Waals surface area contributed by atoms with Gasteiger partial charge in [-0.1, -0.05) is 44.2 Å². The molecule has 0 saturated heterocycles. The molecule has 0 atom stereocenters. The zero-order valence-corrected chi connectivity index (χ0v) is 13.1. The molecule has 0 unspecified atom stereocenters. The summed E-state index contributed by atoms with van der Waals surface area (Å²) in [6.45, 7) is 6.07. The Hall–Kier alpha value is -2.29. The van der Waals surface area contributed by atoms with E-state index < -0.39 is 0 Å². The van der Waals surface area contributed by atoms with Gasteiger partial charge in [-0.2, -0.15) is 0 Å². The Labute approximate surface area is 130 Å². The second kappa shape index (κ2) is 6.22. The summed E-state index contributed by atoms with van der Waals surface area (Å²) < 4.78 is 6.04. The van der Waals surface area contributed by atoms with Gasteiger partial charge in [-0.15, -0.1) is 0 Å². The van der Waals surface area contributed by atoms with Gasteiger partial charge >= 0.3 is 0 Å². The van der Waals surface area contributed by atoms with Gasteiger partial charge in [-0.25, -0.2) is 0 Å². The highest BCUT2D eigenvalue weighted by Gasteiger charge is 2.12. The van der Waals surface area contributed by atoms with E-state index in [2.05, 4.69) is 18.7 Å². The largest absolute Gasteiger partial charge is 0.440 e. The van der Waals surface area contributed by atoms with Crippen LogP contribution in [0.1, 0.15) is 26.7 Å². The van der Waals surface area contributed by atoms with Crippen LogP contribution in [0.15, 0.2) is 51.7 Å². The number of hydrogen-bond donors (Lipinski definition) is 0. The molecular weight excluding hydrogens is 274 g/mol. The van der Waals surface area contributed by atoms with Crippen molar-refractivity contribution in [3.8, 4) is 0 Å². The lowest BCUT2D eigenvalue weighted by Gasteiger charge is -2.22. The van der Waals surface area contributed by atoms with Gasteiger partial charge in [-0.05, 0) is 29.7 Å². The number of anilines is 1. The quantitative estimate of drug-likeness (QED) is 0.646. The molecule has 114 valence electrons. The SMILES string of the molecule is CCCN(CCC)c1cc(=O)c2c(ccc3ccccc32)o1. The van der Waals surface area contributed by atoms with Crippen molar-refractivity contribution in [2.24, 2.45) is 0 Å². The molecule has 0 aliphatic rings. The van der Waals surface area contributed by atoms with E-state index in [1.54, 1.807) is 6.07 Å². The first-order chi connectivity index (χ1) is 10.7. The second-order valence-electron chi connectivity index (χ2n) is 5.60. The van der Waals surface area contributed by atoms with Crippen LogP contribution < -0.4 is 10.3 Å². The third kappa shape index (κ3) is 2.59. The van der Waals surface area contributed by atoms with E-state index in [9.17, 15) is 4.79 Å². The van der Waals surface area contributed by atoms with Crippen LogP contribution in [0.2, 0.25) is 0 Å². The molecule has 22 heavy (non-hydrogen) atoms. The van der Waals surface area contributed by atoms with Crippen LogP contribution in [0, 0.1) is 0 Å². The number of benzene rings is 2. The summed E-state index contributed by atoms with van der Waals surface area (Å²) in [5.41, 5.74) is 0.698. The summed E-state index contributed by atoms with van der Waals surface area (Å²) in [4.78, 5) is 14.8. The van der Waals surface area contributed by atoms with Crippen molar-refractivity contribution in [1.82, 2.24) is 0 Å². The molecule has 3 heteroatoms. The summed E-state index contributed by atoms with van der Waals surface area (Å²) in [5, 5.41) is 2.70. The molecule has 0 aliphatic heterocycles. The van der Waals surface area contributed by atoms with Gasteiger partial charge in [0.1, 0.15) is 5.58 Å². The van der Waals surface area contributed by atoms with Crippen LogP contribution in [0.5, 0.6) is 0 Å². The Balaban J connectivity index is 2.21. The lowest BCUT2D eigenvalue weighted by atomic mass is 10.1. The van der Waals surface area contributed by atoms with Crippen molar-refractivity contribution in [3.05, 3.63) is 52.7 Å². The number of nitrogens with zero attached hydrogens (tertiary/aromatic N) is 1. The van der Waals surface area contributed by atoms with Crippen LogP contribution in [0.4, 0.5) is 5.88 Å². The molecule has 2 aromatic carbocycles. The predicted octanol–water partition coefficient (Wildman–Crippen LogP) is 4.57. The zero-order chi connectivity index (χ0) is 15.5. The number of hydrogen-bond acceptors (Lipinski definition) is 3. The third-order valence-corrected chi connectivity index (χ3v) is 3.91. The molecule has 0 fully saturated rings. The summed E-state index contributed by atoms with van der Waals surface area (Å²) in [7, 11) is 0. The van der Waals surface area contributed by atoms with Gasteiger partial charge in [0.2, 0.25) is 0 Å². The molecular formula is C19H21NO2. The molecule has 0 N–H and O–H groups in total. The minimum absolute atomic E-state index is 0.0326. The minimum Gasteiger partial charge on any atom is -0.440 e. The summed E-state index contributed by atoms with van der Waals surface area (Å²) in [5.74, 6) is 0.677. The Morgan fingerprint density at radius 3 is 2.45 bits per heavy atom. The van der Waals surface area contributed by atoms with Crippen molar-refractivity contribution in [1.29, 1.82) is 0 Å². The zero-order valence-electron chi connectivity index (χ0n) is 13.1. The van der Waals surface area contributed by atoms with Crippen LogP contribution in [-0.4, -0.2) is 13.1 Å². The Morgan fingerprint density at radius 2 is 1.73 bits per heavy atom. The standard InChI is InChI=1S/C19H21NO2/c1-3-11-20(12-4-2)18-13-16(21)19-15-8-6-5-7-14(15)9-10-17(19)22-18/h5-10,13H,3-4,11-12H2,1-2H3. The second-order valence-corrected chi connectivity index (χ2v) is 5.60. The maximum absolute atomic E-state index is 12.6. The molecule has 1 aromatic heterocycles. The van der Waals surface area contributed by atoms with Crippen molar-refractivity contribution < 1.29 is 4.42 Å². The van der Waals surface area contributed by atoms with Crippen molar-refractivity contribution >= 4 is 27.6 Å². The predicted molar refractivity (Wildman–Crippen MR) is 92.8 cm³/mol. The Morgan fingerprint density at radius 1 is 1.00 bits per heavy atom. The van der Waals surface area contributed by atoms with Crippen molar-refractivity contribution in [3.63, 3.8) is 0 Å². The van der Waals surface area contributed by atoms with E-state index in [1.165, 1.54) is 0 Å². The van der Waals surface area contributed by atoms with Gasteiger partial charge in [0.05, 0.1) is 5.39 Å². The summed E-state index contributed by atoms with van der Waals surface area (Å²) >= 11 is 0. The smallest absolute Gasteiger partial charge is 0.199 e. The van der Waals surface area contributed by atoms with Crippen LogP contribution in [-0.2, 0) is 0 Å². The maximum Gasteiger partial charge on any atom is 0.199 e. The average Bonchev–Trinajstić information content (AvgIpc) is 2.54. The molecule has 0 bridgehead atoms. The Kier molecular flexibility index (Phi) is 4.14. The van der Waals surface area contributed by atoms with Crippen LogP contribution >= 0.6 is 0 Å². The fourth-order valence-corrected chi connectivity index (χ4v) is 2.95. The number of rotatable bonds is 5. The van der Waals surface area contributed by atoms with Crippen LogP contribution in [0.25, 0.3) is 21.7 Å². The highest BCUT2D eigenvalue weighted by atomic mass is 16.4. The molecule has 0 spiro atoms. The van der Waals surface area contributed by atoms with E-state index in [0.717, 1.165) is 36.7 Å². The maximum atomic E-state index is 12.6. The fourth-order valence-electron chi connectivity index (χ4n) is 2.95. The monoisotopic (exact) mass is 295 g/mol. The third-order valence-electron chi connectivity index (χ3n) is 3.91. The lowest BCUT2D eigenvalue weighted by molar-refractivity contribution is 0.564. The first-order valence-electron chi connectivity index (χ1n) is 7.95. The van der Waals surface area contributed by atoms with E-state index in [-0.39, 0.29) is 5.43 Å².